The lowest BCUT2D eigenvalue weighted by Gasteiger charge is -2.15. The molecule has 1 heterocycles. The number of hydrogen-bond donors (Lipinski definition) is 1. The standard InChI is InChI=1S/C11H19NO/c1-3-5-11(12-4-2)8-10-6-7-13-9-10/h6-7,9,11-12H,3-5,8H2,1-2H3. The fourth-order valence-electron chi connectivity index (χ4n) is 1.61. The van der Waals surface area contributed by atoms with Gasteiger partial charge in [0.25, 0.3) is 0 Å². The lowest BCUT2D eigenvalue weighted by Crippen LogP contribution is -2.30. The fraction of sp³-hybridized carbons (Fsp3) is 0.636. The van der Waals surface area contributed by atoms with Crippen LogP contribution in [-0.2, 0) is 6.42 Å². The van der Waals surface area contributed by atoms with E-state index in [9.17, 15) is 0 Å². The maximum atomic E-state index is 5.04. The lowest BCUT2D eigenvalue weighted by atomic mass is 10.0. The molecule has 2 heteroatoms. The maximum Gasteiger partial charge on any atom is 0.0935 e. The van der Waals surface area contributed by atoms with Crippen LogP contribution < -0.4 is 5.32 Å². The summed E-state index contributed by atoms with van der Waals surface area (Å²) in [4.78, 5) is 0. The average molecular weight is 181 g/mol. The lowest BCUT2D eigenvalue weighted by molar-refractivity contribution is 0.482. The zero-order valence-electron chi connectivity index (χ0n) is 8.55. The highest BCUT2D eigenvalue weighted by molar-refractivity contribution is 5.07. The molecule has 1 rings (SSSR count). The molecule has 0 radical (unpaired) electrons. The Bertz CT molecular complexity index is 200. The van der Waals surface area contributed by atoms with E-state index in [0.717, 1.165) is 13.0 Å². The number of likely N-dealkylation sites (N-methyl/N-ethyl adjacent to an activating group) is 1. The van der Waals surface area contributed by atoms with E-state index < -0.39 is 0 Å². The highest BCUT2D eigenvalue weighted by Crippen LogP contribution is 2.07. The fourth-order valence-corrected chi connectivity index (χ4v) is 1.61. The van der Waals surface area contributed by atoms with Gasteiger partial charge in [-0.1, -0.05) is 20.3 Å². The number of rotatable bonds is 6. The molecular weight excluding hydrogens is 162 g/mol. The summed E-state index contributed by atoms with van der Waals surface area (Å²) >= 11 is 0. The molecule has 0 aliphatic heterocycles. The predicted octanol–water partition coefficient (Wildman–Crippen LogP) is 2.60. The molecule has 0 saturated heterocycles. The molecule has 0 aromatic carbocycles. The summed E-state index contributed by atoms with van der Waals surface area (Å²) in [6, 6.07) is 2.65. The van der Waals surface area contributed by atoms with Gasteiger partial charge < -0.3 is 9.73 Å². The second kappa shape index (κ2) is 5.81. The summed E-state index contributed by atoms with van der Waals surface area (Å²) in [5.74, 6) is 0. The number of hydrogen-bond acceptors (Lipinski definition) is 2. The third kappa shape index (κ3) is 3.64. The second-order valence-electron chi connectivity index (χ2n) is 3.38. The number of nitrogens with one attached hydrogen (secondary N) is 1. The summed E-state index contributed by atoms with van der Waals surface area (Å²) in [6.07, 6.45) is 7.12. The van der Waals surface area contributed by atoms with Crippen LogP contribution >= 0.6 is 0 Å². The summed E-state index contributed by atoms with van der Waals surface area (Å²) in [5.41, 5.74) is 1.29. The van der Waals surface area contributed by atoms with Gasteiger partial charge >= 0.3 is 0 Å². The van der Waals surface area contributed by atoms with Gasteiger partial charge in [0.2, 0.25) is 0 Å². The first-order valence-electron chi connectivity index (χ1n) is 5.11. The molecule has 1 N–H and O–H groups in total. The zero-order valence-corrected chi connectivity index (χ0v) is 8.55. The van der Waals surface area contributed by atoms with E-state index in [4.69, 9.17) is 4.42 Å². The van der Waals surface area contributed by atoms with E-state index in [0.29, 0.717) is 6.04 Å². The largest absolute Gasteiger partial charge is 0.472 e. The van der Waals surface area contributed by atoms with E-state index in [2.05, 4.69) is 19.2 Å². The van der Waals surface area contributed by atoms with Gasteiger partial charge in [-0.15, -0.1) is 0 Å². The molecule has 1 aromatic rings. The van der Waals surface area contributed by atoms with Crippen molar-refractivity contribution in [2.45, 2.75) is 39.2 Å². The highest BCUT2D eigenvalue weighted by Gasteiger charge is 2.07. The van der Waals surface area contributed by atoms with Crippen molar-refractivity contribution in [1.82, 2.24) is 5.32 Å². The molecule has 74 valence electrons. The van der Waals surface area contributed by atoms with Crippen molar-refractivity contribution in [1.29, 1.82) is 0 Å². The Kier molecular flexibility index (Phi) is 4.61. The van der Waals surface area contributed by atoms with Crippen molar-refractivity contribution >= 4 is 0 Å². The van der Waals surface area contributed by atoms with Crippen molar-refractivity contribution in [2.75, 3.05) is 6.54 Å². The molecule has 0 aliphatic rings. The van der Waals surface area contributed by atoms with E-state index in [1.807, 2.05) is 12.3 Å². The smallest absolute Gasteiger partial charge is 0.0935 e. The highest BCUT2D eigenvalue weighted by atomic mass is 16.3. The second-order valence-corrected chi connectivity index (χ2v) is 3.38. The topological polar surface area (TPSA) is 25.2 Å². The SMILES string of the molecule is CCCC(Cc1ccoc1)NCC. The minimum atomic E-state index is 0.604. The molecule has 1 aromatic heterocycles. The van der Waals surface area contributed by atoms with Crippen LogP contribution in [0, 0.1) is 0 Å². The molecule has 0 fully saturated rings. The molecule has 1 atom stereocenters. The van der Waals surface area contributed by atoms with Gasteiger partial charge in [0.15, 0.2) is 0 Å². The quantitative estimate of drug-likeness (QED) is 0.729. The van der Waals surface area contributed by atoms with Crippen LogP contribution in [-0.4, -0.2) is 12.6 Å². The molecular formula is C11H19NO. The Morgan fingerprint density at radius 3 is 2.85 bits per heavy atom. The molecule has 0 saturated carbocycles. The summed E-state index contributed by atoms with van der Waals surface area (Å²) in [5, 5.41) is 3.48. The van der Waals surface area contributed by atoms with Crippen molar-refractivity contribution in [3.63, 3.8) is 0 Å². The first-order chi connectivity index (χ1) is 6.36. The molecule has 0 amide bonds. The molecule has 1 unspecified atom stereocenters. The van der Waals surface area contributed by atoms with Crippen molar-refractivity contribution < 1.29 is 4.42 Å². The normalized spacial score (nSPS) is 13.1. The monoisotopic (exact) mass is 181 g/mol. The molecule has 2 nitrogen and oxygen atoms in total. The Balaban J connectivity index is 2.37. The van der Waals surface area contributed by atoms with Crippen LogP contribution in [0.4, 0.5) is 0 Å². The maximum absolute atomic E-state index is 5.04. The predicted molar refractivity (Wildman–Crippen MR) is 54.8 cm³/mol. The van der Waals surface area contributed by atoms with Crippen LogP contribution in [0.2, 0.25) is 0 Å². The summed E-state index contributed by atoms with van der Waals surface area (Å²) in [7, 11) is 0. The van der Waals surface area contributed by atoms with Crippen molar-refractivity contribution in [3.8, 4) is 0 Å². The minimum absolute atomic E-state index is 0.604. The third-order valence-corrected chi connectivity index (χ3v) is 2.19. The van der Waals surface area contributed by atoms with Gasteiger partial charge in [-0.2, -0.15) is 0 Å². The minimum Gasteiger partial charge on any atom is -0.472 e. The van der Waals surface area contributed by atoms with E-state index in [1.54, 1.807) is 6.26 Å². The molecule has 0 spiro atoms. The van der Waals surface area contributed by atoms with Gasteiger partial charge in [-0.3, -0.25) is 0 Å². The summed E-state index contributed by atoms with van der Waals surface area (Å²) < 4.78 is 5.04. The van der Waals surface area contributed by atoms with Crippen LogP contribution in [0.15, 0.2) is 23.0 Å². The van der Waals surface area contributed by atoms with Gasteiger partial charge in [0.1, 0.15) is 0 Å². The van der Waals surface area contributed by atoms with Crippen LogP contribution in [0.25, 0.3) is 0 Å². The third-order valence-electron chi connectivity index (χ3n) is 2.19. The van der Waals surface area contributed by atoms with Crippen molar-refractivity contribution in [3.05, 3.63) is 24.2 Å². The van der Waals surface area contributed by atoms with Crippen molar-refractivity contribution in [2.24, 2.45) is 0 Å². The van der Waals surface area contributed by atoms with Crippen LogP contribution in [0.3, 0.4) is 0 Å². The zero-order chi connectivity index (χ0) is 9.52. The Labute approximate surface area is 80.3 Å². The Morgan fingerprint density at radius 2 is 2.31 bits per heavy atom. The molecule has 0 aliphatic carbocycles. The van der Waals surface area contributed by atoms with Crippen LogP contribution in [0.5, 0.6) is 0 Å². The van der Waals surface area contributed by atoms with Gasteiger partial charge in [0.05, 0.1) is 12.5 Å². The summed E-state index contributed by atoms with van der Waals surface area (Å²) in [6.45, 7) is 5.42. The van der Waals surface area contributed by atoms with Gasteiger partial charge in [-0.05, 0) is 31.0 Å². The van der Waals surface area contributed by atoms with Crippen LogP contribution in [0.1, 0.15) is 32.3 Å². The average Bonchev–Trinajstić information content (AvgIpc) is 2.58. The molecule has 13 heavy (non-hydrogen) atoms. The molecule has 0 bridgehead atoms. The van der Waals surface area contributed by atoms with E-state index in [1.165, 1.54) is 18.4 Å². The van der Waals surface area contributed by atoms with Gasteiger partial charge in [-0.25, -0.2) is 0 Å². The Hall–Kier alpha value is -0.760. The first-order valence-corrected chi connectivity index (χ1v) is 5.11. The number of furan rings is 1. The first kappa shape index (κ1) is 10.3. The van der Waals surface area contributed by atoms with Gasteiger partial charge in [0, 0.05) is 6.04 Å². The Morgan fingerprint density at radius 1 is 1.46 bits per heavy atom. The van der Waals surface area contributed by atoms with E-state index in [-0.39, 0.29) is 0 Å². The van der Waals surface area contributed by atoms with E-state index >= 15 is 0 Å².